The van der Waals surface area contributed by atoms with Crippen LogP contribution >= 0.6 is 0 Å². The molecule has 4 nitrogen and oxygen atoms in total. The van der Waals surface area contributed by atoms with Crippen LogP contribution in [0.3, 0.4) is 0 Å². The maximum atomic E-state index is 4.36. The Morgan fingerprint density at radius 3 is 2.29 bits per heavy atom. The van der Waals surface area contributed by atoms with Gasteiger partial charge in [-0.15, -0.1) is 10.2 Å². The van der Waals surface area contributed by atoms with Crippen molar-refractivity contribution in [3.63, 3.8) is 0 Å². The Kier molecular flexibility index (Phi) is 2.60. The van der Waals surface area contributed by atoms with Gasteiger partial charge in [0.25, 0.3) is 0 Å². The molecule has 4 heteroatoms. The number of aromatic nitrogens is 3. The molecule has 3 rings (SSSR count). The van der Waals surface area contributed by atoms with Crippen LogP contribution in [0, 0.1) is 6.92 Å². The van der Waals surface area contributed by atoms with Gasteiger partial charge in [-0.2, -0.15) is 0 Å². The van der Waals surface area contributed by atoms with Gasteiger partial charge < -0.3 is 5.01 Å². The molecule has 2 aliphatic rings. The molecule has 17 heavy (non-hydrogen) atoms. The van der Waals surface area contributed by atoms with Gasteiger partial charge in [0.1, 0.15) is 5.82 Å². The zero-order valence-corrected chi connectivity index (χ0v) is 11.1. The number of piperidine rings is 1. The molecule has 0 aliphatic carbocycles. The summed E-state index contributed by atoms with van der Waals surface area (Å²) >= 11 is 0. The molecule has 2 saturated heterocycles. The Balaban J connectivity index is 2.01. The summed E-state index contributed by atoms with van der Waals surface area (Å²) in [5.74, 6) is 2.62. The van der Waals surface area contributed by atoms with E-state index in [4.69, 9.17) is 0 Å². The lowest BCUT2D eigenvalue weighted by Crippen LogP contribution is -2.48. The lowest BCUT2D eigenvalue weighted by Gasteiger charge is -2.38. The lowest BCUT2D eigenvalue weighted by molar-refractivity contribution is 0.367. The maximum absolute atomic E-state index is 4.36. The molecule has 1 aromatic heterocycles. The molecule has 94 valence electrons. The van der Waals surface area contributed by atoms with Gasteiger partial charge in [0.2, 0.25) is 0 Å². The minimum atomic E-state index is 0.442. The van der Waals surface area contributed by atoms with Crippen LogP contribution in [0.25, 0.3) is 0 Å². The Hall–Kier alpha value is -1.06. The summed E-state index contributed by atoms with van der Waals surface area (Å²) in [6.07, 6.45) is 6.76. The van der Waals surface area contributed by atoms with E-state index in [-0.39, 0.29) is 0 Å². The first-order chi connectivity index (χ1) is 8.18. The quantitative estimate of drug-likeness (QED) is 0.787. The number of rotatable bonds is 2. The standard InChI is InChI=1S/C13H22N4/c1-9(2)13-15-14-10(3)16(13)17-11-5-4-6-12(17)8-7-11/h9,11-12H,4-8H2,1-3H3/t11-,12+. The van der Waals surface area contributed by atoms with E-state index in [2.05, 4.69) is 40.7 Å². The SMILES string of the molecule is Cc1nnc(C(C)C)n1N1[C@@H]2CCC[C@H]1CC2. The van der Waals surface area contributed by atoms with E-state index in [9.17, 15) is 0 Å². The minimum absolute atomic E-state index is 0.442. The molecular formula is C13H22N4. The van der Waals surface area contributed by atoms with Crippen molar-refractivity contribution in [2.24, 2.45) is 0 Å². The molecule has 0 saturated carbocycles. The molecule has 0 aromatic carbocycles. The van der Waals surface area contributed by atoms with Gasteiger partial charge in [0.15, 0.2) is 5.82 Å². The second-order valence-electron chi connectivity index (χ2n) is 5.77. The highest BCUT2D eigenvalue weighted by Gasteiger charge is 2.38. The van der Waals surface area contributed by atoms with Crippen LogP contribution in [0.15, 0.2) is 0 Å². The van der Waals surface area contributed by atoms with E-state index in [0.29, 0.717) is 5.92 Å². The van der Waals surface area contributed by atoms with Crippen LogP contribution < -0.4 is 5.01 Å². The molecule has 2 fully saturated rings. The molecule has 2 atom stereocenters. The molecule has 1 aromatic rings. The van der Waals surface area contributed by atoms with Crippen molar-refractivity contribution in [2.75, 3.05) is 5.01 Å². The summed E-state index contributed by atoms with van der Waals surface area (Å²) < 4.78 is 2.31. The molecule has 3 heterocycles. The smallest absolute Gasteiger partial charge is 0.154 e. The van der Waals surface area contributed by atoms with Crippen molar-refractivity contribution in [3.05, 3.63) is 11.6 Å². The largest absolute Gasteiger partial charge is 0.304 e. The average Bonchev–Trinajstić information content (AvgIpc) is 2.75. The van der Waals surface area contributed by atoms with E-state index in [1.807, 2.05) is 0 Å². The normalized spacial score (nSPS) is 28.1. The summed E-state index contributed by atoms with van der Waals surface area (Å²) in [7, 11) is 0. The van der Waals surface area contributed by atoms with Crippen molar-refractivity contribution < 1.29 is 0 Å². The molecule has 0 unspecified atom stereocenters. The highest BCUT2D eigenvalue weighted by atomic mass is 15.6. The van der Waals surface area contributed by atoms with E-state index in [0.717, 1.165) is 23.7 Å². The van der Waals surface area contributed by atoms with Gasteiger partial charge in [0, 0.05) is 18.0 Å². The van der Waals surface area contributed by atoms with Crippen LogP contribution in [0.4, 0.5) is 0 Å². The summed E-state index contributed by atoms with van der Waals surface area (Å²) in [5.41, 5.74) is 0. The predicted octanol–water partition coefficient (Wildman–Crippen LogP) is 2.36. The number of aryl methyl sites for hydroxylation is 1. The van der Waals surface area contributed by atoms with E-state index < -0.39 is 0 Å². The van der Waals surface area contributed by atoms with Gasteiger partial charge in [-0.05, 0) is 39.0 Å². The third kappa shape index (κ3) is 1.65. The molecule has 0 radical (unpaired) electrons. The van der Waals surface area contributed by atoms with E-state index >= 15 is 0 Å². The second-order valence-corrected chi connectivity index (χ2v) is 5.77. The highest BCUT2D eigenvalue weighted by molar-refractivity contribution is 5.15. The third-order valence-corrected chi connectivity index (χ3v) is 4.22. The fraction of sp³-hybridized carbons (Fsp3) is 0.846. The fourth-order valence-corrected chi connectivity index (χ4v) is 3.44. The monoisotopic (exact) mass is 234 g/mol. The fourth-order valence-electron chi connectivity index (χ4n) is 3.44. The topological polar surface area (TPSA) is 34.0 Å². The van der Waals surface area contributed by atoms with Crippen LogP contribution in [0.5, 0.6) is 0 Å². The zero-order chi connectivity index (χ0) is 12.0. The first-order valence-corrected chi connectivity index (χ1v) is 6.89. The van der Waals surface area contributed by atoms with Crippen LogP contribution in [-0.2, 0) is 0 Å². The molecule has 0 amide bonds. The molecule has 0 spiro atoms. The maximum Gasteiger partial charge on any atom is 0.154 e. The first-order valence-electron chi connectivity index (χ1n) is 6.89. The van der Waals surface area contributed by atoms with Crippen molar-refractivity contribution in [3.8, 4) is 0 Å². The van der Waals surface area contributed by atoms with E-state index in [1.54, 1.807) is 0 Å². The van der Waals surface area contributed by atoms with Gasteiger partial charge in [0.05, 0.1) is 0 Å². The number of nitrogens with zero attached hydrogens (tertiary/aromatic N) is 4. The van der Waals surface area contributed by atoms with E-state index in [1.165, 1.54) is 32.1 Å². The molecular weight excluding hydrogens is 212 g/mol. The Bertz CT molecular complexity index is 394. The summed E-state index contributed by atoms with van der Waals surface area (Å²) in [6.45, 7) is 6.48. The number of hydrogen-bond donors (Lipinski definition) is 0. The third-order valence-electron chi connectivity index (χ3n) is 4.22. The molecule has 2 bridgehead atoms. The molecule has 0 N–H and O–H groups in total. The summed E-state index contributed by atoms with van der Waals surface area (Å²) in [5, 5.41) is 11.2. The minimum Gasteiger partial charge on any atom is -0.304 e. The lowest BCUT2D eigenvalue weighted by atomic mass is 10.1. The van der Waals surface area contributed by atoms with Crippen molar-refractivity contribution in [2.45, 2.75) is 70.9 Å². The highest BCUT2D eigenvalue weighted by Crippen LogP contribution is 2.35. The Morgan fingerprint density at radius 1 is 1.06 bits per heavy atom. The zero-order valence-electron chi connectivity index (χ0n) is 11.1. The Morgan fingerprint density at radius 2 is 1.71 bits per heavy atom. The van der Waals surface area contributed by atoms with Gasteiger partial charge in [-0.3, -0.25) is 0 Å². The average molecular weight is 234 g/mol. The van der Waals surface area contributed by atoms with Crippen molar-refractivity contribution in [1.29, 1.82) is 0 Å². The molecule has 2 aliphatic heterocycles. The second kappa shape index (κ2) is 4.00. The summed E-state index contributed by atoms with van der Waals surface area (Å²) in [4.78, 5) is 0. The number of hydrogen-bond acceptors (Lipinski definition) is 3. The van der Waals surface area contributed by atoms with Crippen molar-refractivity contribution in [1.82, 2.24) is 14.9 Å². The van der Waals surface area contributed by atoms with Gasteiger partial charge >= 0.3 is 0 Å². The van der Waals surface area contributed by atoms with Gasteiger partial charge in [-0.25, -0.2) is 4.68 Å². The number of fused-ring (bicyclic) bond motifs is 2. The van der Waals surface area contributed by atoms with Crippen LogP contribution in [-0.4, -0.2) is 27.0 Å². The van der Waals surface area contributed by atoms with Crippen LogP contribution in [0.2, 0.25) is 0 Å². The summed E-state index contributed by atoms with van der Waals surface area (Å²) in [6, 6.07) is 1.45. The predicted molar refractivity (Wildman–Crippen MR) is 67.7 cm³/mol. The van der Waals surface area contributed by atoms with Crippen molar-refractivity contribution >= 4 is 0 Å². The Labute approximate surface area is 103 Å². The van der Waals surface area contributed by atoms with Crippen LogP contribution in [0.1, 0.15) is 63.5 Å². The first kappa shape index (κ1) is 11.1. The van der Waals surface area contributed by atoms with Gasteiger partial charge in [-0.1, -0.05) is 13.8 Å².